The van der Waals surface area contributed by atoms with Crippen LogP contribution in [0, 0.1) is 0 Å². The van der Waals surface area contributed by atoms with Gasteiger partial charge in [0.25, 0.3) is 0 Å². The van der Waals surface area contributed by atoms with Gasteiger partial charge in [-0.3, -0.25) is 4.98 Å². The van der Waals surface area contributed by atoms with Crippen LogP contribution in [0.1, 0.15) is 12.8 Å². The van der Waals surface area contributed by atoms with E-state index in [0.29, 0.717) is 13.2 Å². The molecule has 0 bridgehead atoms. The van der Waals surface area contributed by atoms with Crippen molar-refractivity contribution in [3.05, 3.63) is 48.9 Å². The van der Waals surface area contributed by atoms with Gasteiger partial charge >= 0.3 is 0 Å². The first-order valence-electron chi connectivity index (χ1n) is 9.25. The van der Waals surface area contributed by atoms with Crippen LogP contribution in [0.15, 0.2) is 48.9 Å². The Hall–Kier alpha value is -2.93. The summed E-state index contributed by atoms with van der Waals surface area (Å²) in [6, 6.07) is 11.8. The Morgan fingerprint density at radius 2 is 1.96 bits per heavy atom. The van der Waals surface area contributed by atoms with E-state index in [2.05, 4.69) is 25.2 Å². The number of aromatic nitrogens is 3. The van der Waals surface area contributed by atoms with Gasteiger partial charge in [0.05, 0.1) is 12.6 Å². The van der Waals surface area contributed by atoms with Gasteiger partial charge in [-0.25, -0.2) is 9.97 Å². The Bertz CT molecular complexity index is 891. The number of hydrogen-bond acceptors (Lipinski definition) is 7. The molecule has 0 unspecified atom stereocenters. The molecule has 1 fully saturated rings. The molecule has 7 heteroatoms. The van der Waals surface area contributed by atoms with Crippen molar-refractivity contribution in [2.75, 3.05) is 36.5 Å². The Morgan fingerprint density at radius 1 is 1.11 bits per heavy atom. The number of nitrogens with one attached hydrogen (secondary N) is 1. The molecule has 2 N–H and O–H groups in total. The number of pyridine rings is 1. The predicted octanol–water partition coefficient (Wildman–Crippen LogP) is 2.48. The monoisotopic (exact) mass is 365 g/mol. The van der Waals surface area contributed by atoms with Gasteiger partial charge < -0.3 is 20.1 Å². The van der Waals surface area contributed by atoms with Crippen LogP contribution in [0.25, 0.3) is 10.9 Å². The zero-order valence-corrected chi connectivity index (χ0v) is 15.1. The first-order valence-corrected chi connectivity index (χ1v) is 9.25. The molecule has 0 aliphatic carbocycles. The van der Waals surface area contributed by atoms with Gasteiger partial charge in [0.2, 0.25) is 0 Å². The molecule has 0 amide bonds. The third kappa shape index (κ3) is 4.25. The molecule has 1 saturated heterocycles. The summed E-state index contributed by atoms with van der Waals surface area (Å²) in [5, 5.41) is 14.0. The number of ether oxygens (including phenoxy) is 1. The number of aliphatic hydroxyl groups excluding tert-OH is 1. The van der Waals surface area contributed by atoms with Crippen LogP contribution in [0.4, 0.5) is 11.6 Å². The summed E-state index contributed by atoms with van der Waals surface area (Å²) in [6.07, 6.45) is 4.70. The lowest BCUT2D eigenvalue weighted by molar-refractivity contribution is 0.145. The molecule has 3 aromatic rings. The number of para-hydroxylation sites is 1. The fraction of sp³-hybridized carbons (Fsp3) is 0.350. The summed E-state index contributed by atoms with van der Waals surface area (Å²) in [7, 11) is 0. The van der Waals surface area contributed by atoms with Crippen LogP contribution in [0.3, 0.4) is 0 Å². The average Bonchev–Trinajstić information content (AvgIpc) is 2.72. The largest absolute Gasteiger partial charge is 0.489 e. The van der Waals surface area contributed by atoms with Crippen molar-refractivity contribution >= 4 is 22.5 Å². The van der Waals surface area contributed by atoms with E-state index in [-0.39, 0.29) is 6.10 Å². The number of aliphatic hydroxyl groups is 1. The van der Waals surface area contributed by atoms with Gasteiger partial charge in [-0.2, -0.15) is 0 Å². The molecule has 0 saturated carbocycles. The second kappa shape index (κ2) is 8.18. The van der Waals surface area contributed by atoms with Crippen molar-refractivity contribution in [2.45, 2.75) is 18.9 Å². The summed E-state index contributed by atoms with van der Waals surface area (Å²) in [5.74, 6) is 2.44. The maximum absolute atomic E-state index is 9.64. The molecule has 140 valence electrons. The molecule has 2 aromatic heterocycles. The molecule has 0 spiro atoms. The van der Waals surface area contributed by atoms with E-state index in [1.54, 1.807) is 12.5 Å². The van der Waals surface area contributed by atoms with Crippen LogP contribution in [0.2, 0.25) is 0 Å². The van der Waals surface area contributed by atoms with Crippen molar-refractivity contribution in [1.82, 2.24) is 15.0 Å². The highest BCUT2D eigenvalue weighted by molar-refractivity contribution is 5.84. The predicted molar refractivity (Wildman–Crippen MR) is 105 cm³/mol. The first kappa shape index (κ1) is 17.5. The normalized spacial score (nSPS) is 15.1. The van der Waals surface area contributed by atoms with E-state index < -0.39 is 0 Å². The van der Waals surface area contributed by atoms with Gasteiger partial charge in [0.15, 0.2) is 0 Å². The Labute approximate surface area is 158 Å². The van der Waals surface area contributed by atoms with E-state index in [4.69, 9.17) is 4.74 Å². The van der Waals surface area contributed by atoms with Gasteiger partial charge in [-0.15, -0.1) is 0 Å². The standard InChI is InChI=1S/C20H23N5O2/c26-16-6-10-25(11-7-16)19-13-18(23-14-24-19)21-9-12-27-17-5-1-3-15-4-2-8-22-20(15)17/h1-5,8,13-14,16,26H,6-7,9-12H2,(H,21,23,24). The fourth-order valence-corrected chi connectivity index (χ4v) is 3.24. The third-order valence-electron chi connectivity index (χ3n) is 4.70. The zero-order valence-electron chi connectivity index (χ0n) is 15.1. The number of anilines is 2. The van der Waals surface area contributed by atoms with Crippen molar-refractivity contribution in [3.8, 4) is 5.75 Å². The quantitative estimate of drug-likeness (QED) is 0.649. The van der Waals surface area contributed by atoms with E-state index >= 15 is 0 Å². The van der Waals surface area contributed by atoms with Crippen LogP contribution < -0.4 is 15.0 Å². The number of hydrogen-bond donors (Lipinski definition) is 2. The minimum absolute atomic E-state index is 0.193. The number of benzene rings is 1. The summed E-state index contributed by atoms with van der Waals surface area (Å²) in [6.45, 7) is 2.76. The maximum atomic E-state index is 9.64. The zero-order chi connectivity index (χ0) is 18.5. The number of nitrogens with zero attached hydrogens (tertiary/aromatic N) is 4. The molecule has 1 aliphatic heterocycles. The highest BCUT2D eigenvalue weighted by atomic mass is 16.5. The minimum atomic E-state index is -0.193. The first-order chi connectivity index (χ1) is 13.3. The molecule has 1 aliphatic rings. The maximum Gasteiger partial charge on any atom is 0.145 e. The van der Waals surface area contributed by atoms with E-state index in [9.17, 15) is 5.11 Å². The van der Waals surface area contributed by atoms with Crippen LogP contribution in [-0.2, 0) is 0 Å². The summed E-state index contributed by atoms with van der Waals surface area (Å²) in [4.78, 5) is 15.2. The summed E-state index contributed by atoms with van der Waals surface area (Å²) in [5.41, 5.74) is 0.872. The second-order valence-corrected chi connectivity index (χ2v) is 6.59. The Balaban J connectivity index is 1.32. The molecular formula is C20H23N5O2. The lowest BCUT2D eigenvalue weighted by Gasteiger charge is -2.30. The van der Waals surface area contributed by atoms with Crippen LogP contribution in [0.5, 0.6) is 5.75 Å². The molecule has 4 rings (SSSR count). The Kier molecular flexibility index (Phi) is 5.29. The van der Waals surface area contributed by atoms with Crippen molar-refractivity contribution in [3.63, 3.8) is 0 Å². The van der Waals surface area contributed by atoms with Crippen molar-refractivity contribution in [1.29, 1.82) is 0 Å². The molecule has 3 heterocycles. The van der Waals surface area contributed by atoms with E-state index in [1.165, 1.54) is 0 Å². The summed E-state index contributed by atoms with van der Waals surface area (Å²) < 4.78 is 5.89. The molecular weight excluding hydrogens is 342 g/mol. The highest BCUT2D eigenvalue weighted by Crippen LogP contribution is 2.23. The topological polar surface area (TPSA) is 83.4 Å². The highest BCUT2D eigenvalue weighted by Gasteiger charge is 2.18. The molecule has 7 nitrogen and oxygen atoms in total. The lowest BCUT2D eigenvalue weighted by atomic mass is 10.1. The van der Waals surface area contributed by atoms with Crippen LogP contribution >= 0.6 is 0 Å². The van der Waals surface area contributed by atoms with Gasteiger partial charge in [-0.1, -0.05) is 18.2 Å². The third-order valence-corrected chi connectivity index (χ3v) is 4.70. The number of fused-ring (bicyclic) bond motifs is 1. The molecule has 0 atom stereocenters. The van der Waals surface area contributed by atoms with E-state index in [1.807, 2.05) is 36.4 Å². The van der Waals surface area contributed by atoms with Gasteiger partial charge in [0.1, 0.15) is 35.8 Å². The lowest BCUT2D eigenvalue weighted by Crippen LogP contribution is -2.36. The van der Waals surface area contributed by atoms with Crippen molar-refractivity contribution in [2.24, 2.45) is 0 Å². The minimum Gasteiger partial charge on any atom is -0.489 e. The van der Waals surface area contributed by atoms with Crippen LogP contribution in [-0.4, -0.2) is 52.4 Å². The van der Waals surface area contributed by atoms with Crippen molar-refractivity contribution < 1.29 is 9.84 Å². The summed E-state index contributed by atoms with van der Waals surface area (Å²) >= 11 is 0. The number of rotatable bonds is 6. The average molecular weight is 365 g/mol. The van der Waals surface area contributed by atoms with Gasteiger partial charge in [0, 0.05) is 30.7 Å². The number of piperidine rings is 1. The van der Waals surface area contributed by atoms with Gasteiger partial charge in [-0.05, 0) is 25.0 Å². The molecule has 27 heavy (non-hydrogen) atoms. The second-order valence-electron chi connectivity index (χ2n) is 6.59. The fourth-order valence-electron chi connectivity index (χ4n) is 3.24. The smallest absolute Gasteiger partial charge is 0.145 e. The Morgan fingerprint density at radius 3 is 2.85 bits per heavy atom. The van der Waals surface area contributed by atoms with E-state index in [0.717, 1.165) is 54.2 Å². The molecule has 0 radical (unpaired) electrons. The molecule has 1 aromatic carbocycles. The SMILES string of the molecule is OC1CCN(c2cc(NCCOc3cccc4cccnc34)ncn2)CC1.